The van der Waals surface area contributed by atoms with Crippen molar-refractivity contribution in [3.63, 3.8) is 0 Å². The molecule has 0 saturated carbocycles. The molecule has 0 aliphatic heterocycles. The molecule has 0 unspecified atom stereocenters. The summed E-state index contributed by atoms with van der Waals surface area (Å²) in [5, 5.41) is 4.90. The van der Waals surface area contributed by atoms with Crippen molar-refractivity contribution in [2.75, 3.05) is 6.61 Å². The second-order valence-corrected chi connectivity index (χ2v) is 8.57. The van der Waals surface area contributed by atoms with E-state index in [0.717, 1.165) is 15.4 Å². The molecular weight excluding hydrogens is 516 g/mol. The number of nitrogens with zero attached hydrogens (tertiary/aromatic N) is 3. The average molecular weight is 536 g/mol. The van der Waals surface area contributed by atoms with Crippen molar-refractivity contribution in [2.45, 2.75) is 26.2 Å². The van der Waals surface area contributed by atoms with Gasteiger partial charge in [0.1, 0.15) is 11.6 Å². The molecule has 0 bridgehead atoms. The van der Waals surface area contributed by atoms with Gasteiger partial charge in [0, 0.05) is 20.4 Å². The molecule has 0 aliphatic carbocycles. The van der Waals surface area contributed by atoms with Gasteiger partial charge in [-0.05, 0) is 42.8 Å². The molecule has 0 spiro atoms. The number of carbonyl (C=O) groups is 1. The van der Waals surface area contributed by atoms with Crippen LogP contribution in [0, 0.1) is 0 Å². The van der Waals surface area contributed by atoms with Crippen molar-refractivity contribution < 1.29 is 9.53 Å². The highest BCUT2D eigenvalue weighted by Crippen LogP contribution is 2.23. The van der Waals surface area contributed by atoms with Crippen LogP contribution < -0.4 is 16.0 Å². The van der Waals surface area contributed by atoms with E-state index < -0.39 is 5.91 Å². The van der Waals surface area contributed by atoms with E-state index in [9.17, 15) is 9.59 Å². The predicted molar refractivity (Wildman–Crippen MR) is 124 cm³/mol. The van der Waals surface area contributed by atoms with Gasteiger partial charge in [0.05, 0.1) is 17.1 Å². The van der Waals surface area contributed by atoms with E-state index in [2.05, 4.69) is 41.9 Å². The SMILES string of the molecule is CC[C@H](C)c1nc2ccc(Br)cc2c(=O)n1N=Cc1cc(Br)ccc1OCC(N)=O. The van der Waals surface area contributed by atoms with Gasteiger partial charge in [0.25, 0.3) is 11.5 Å². The smallest absolute Gasteiger partial charge is 0.282 e. The van der Waals surface area contributed by atoms with E-state index >= 15 is 0 Å². The number of ether oxygens (including phenoxy) is 1. The molecule has 1 heterocycles. The Labute approximate surface area is 190 Å². The Kier molecular flexibility index (Phi) is 7.04. The number of carbonyl (C=O) groups excluding carboxylic acids is 1. The van der Waals surface area contributed by atoms with E-state index in [0.29, 0.717) is 28.0 Å². The minimum Gasteiger partial charge on any atom is -0.483 e. The zero-order chi connectivity index (χ0) is 21.8. The Hall–Kier alpha value is -2.52. The van der Waals surface area contributed by atoms with Gasteiger partial charge >= 0.3 is 0 Å². The first kappa shape index (κ1) is 22.2. The molecule has 156 valence electrons. The summed E-state index contributed by atoms with van der Waals surface area (Å²) in [6.45, 7) is 3.77. The molecule has 0 saturated heterocycles. The number of halogens is 2. The van der Waals surface area contributed by atoms with Crippen LogP contribution in [0.1, 0.15) is 37.6 Å². The first-order valence-corrected chi connectivity index (χ1v) is 10.9. The van der Waals surface area contributed by atoms with Crippen LogP contribution in [0.2, 0.25) is 0 Å². The van der Waals surface area contributed by atoms with Gasteiger partial charge in [0.2, 0.25) is 0 Å². The summed E-state index contributed by atoms with van der Waals surface area (Å²) in [5.41, 5.74) is 6.12. The standard InChI is InChI=1S/C21H20Br2N4O3/c1-3-12(2)20-26-17-6-4-15(23)9-16(17)21(29)27(20)25-10-13-8-14(22)5-7-18(13)30-11-19(24)28/h4-10,12H,3,11H2,1-2H3,(H2,24,28)/t12-/m0/s1. The molecule has 0 aliphatic rings. The molecule has 3 rings (SSSR count). The highest BCUT2D eigenvalue weighted by molar-refractivity contribution is 9.10. The third-order valence-electron chi connectivity index (χ3n) is 4.54. The van der Waals surface area contributed by atoms with Crippen LogP contribution in [0.15, 0.2) is 55.2 Å². The predicted octanol–water partition coefficient (Wildman–Crippen LogP) is 4.18. The fourth-order valence-corrected chi connectivity index (χ4v) is 3.54. The summed E-state index contributed by atoms with van der Waals surface area (Å²) in [7, 11) is 0. The summed E-state index contributed by atoms with van der Waals surface area (Å²) < 4.78 is 8.37. The summed E-state index contributed by atoms with van der Waals surface area (Å²) in [4.78, 5) is 29.0. The lowest BCUT2D eigenvalue weighted by Gasteiger charge is -2.14. The Bertz CT molecular complexity index is 1190. The van der Waals surface area contributed by atoms with Gasteiger partial charge in [-0.2, -0.15) is 9.78 Å². The molecule has 1 amide bonds. The van der Waals surface area contributed by atoms with Crippen molar-refractivity contribution >= 4 is 54.9 Å². The summed E-state index contributed by atoms with van der Waals surface area (Å²) in [6.07, 6.45) is 2.31. The lowest BCUT2D eigenvalue weighted by atomic mass is 10.1. The molecule has 2 aromatic carbocycles. The van der Waals surface area contributed by atoms with Gasteiger partial charge < -0.3 is 10.5 Å². The molecule has 1 aromatic heterocycles. The van der Waals surface area contributed by atoms with Gasteiger partial charge in [-0.15, -0.1) is 0 Å². The first-order valence-electron chi connectivity index (χ1n) is 9.27. The topological polar surface area (TPSA) is 99.6 Å². The molecule has 7 nitrogen and oxygen atoms in total. The molecule has 2 N–H and O–H groups in total. The van der Waals surface area contributed by atoms with Gasteiger partial charge in [0.15, 0.2) is 6.61 Å². The maximum absolute atomic E-state index is 13.2. The molecule has 0 fully saturated rings. The molecule has 0 radical (unpaired) electrons. The number of rotatable bonds is 7. The Morgan fingerprint density at radius 2 is 1.97 bits per heavy atom. The van der Waals surface area contributed by atoms with Crippen molar-refractivity contribution in [1.82, 2.24) is 9.66 Å². The number of hydrogen-bond donors (Lipinski definition) is 1. The van der Waals surface area contributed by atoms with E-state index in [4.69, 9.17) is 10.5 Å². The summed E-state index contributed by atoms with van der Waals surface area (Å²) in [6, 6.07) is 10.6. The van der Waals surface area contributed by atoms with Crippen LogP contribution in [0.4, 0.5) is 0 Å². The number of primary amides is 1. The van der Waals surface area contributed by atoms with Crippen LogP contribution in [0.5, 0.6) is 5.75 Å². The van der Waals surface area contributed by atoms with E-state index in [1.807, 2.05) is 26.0 Å². The van der Waals surface area contributed by atoms with Crippen LogP contribution in [-0.4, -0.2) is 28.4 Å². The van der Waals surface area contributed by atoms with Crippen molar-refractivity contribution in [3.8, 4) is 5.75 Å². The normalized spacial score (nSPS) is 12.4. The minimum absolute atomic E-state index is 0.0241. The fraction of sp³-hybridized carbons (Fsp3) is 0.238. The van der Waals surface area contributed by atoms with Crippen LogP contribution in [0.3, 0.4) is 0 Å². The van der Waals surface area contributed by atoms with Crippen molar-refractivity contribution in [2.24, 2.45) is 10.8 Å². The monoisotopic (exact) mass is 534 g/mol. The zero-order valence-corrected chi connectivity index (χ0v) is 19.6. The molecule has 30 heavy (non-hydrogen) atoms. The van der Waals surface area contributed by atoms with Gasteiger partial charge in [-0.3, -0.25) is 9.59 Å². The summed E-state index contributed by atoms with van der Waals surface area (Å²) in [5.74, 6) is 0.440. The first-order chi connectivity index (χ1) is 14.3. The van der Waals surface area contributed by atoms with Gasteiger partial charge in [-0.1, -0.05) is 45.7 Å². The van der Waals surface area contributed by atoms with Crippen molar-refractivity contribution in [3.05, 3.63) is 67.1 Å². The zero-order valence-electron chi connectivity index (χ0n) is 16.4. The van der Waals surface area contributed by atoms with Gasteiger partial charge in [-0.25, -0.2) is 4.98 Å². The van der Waals surface area contributed by atoms with E-state index in [1.165, 1.54) is 10.9 Å². The van der Waals surface area contributed by atoms with Crippen molar-refractivity contribution in [1.29, 1.82) is 0 Å². The number of benzene rings is 2. The number of hydrogen-bond acceptors (Lipinski definition) is 5. The van der Waals surface area contributed by atoms with E-state index in [-0.39, 0.29) is 18.1 Å². The Morgan fingerprint density at radius 3 is 2.67 bits per heavy atom. The highest BCUT2D eigenvalue weighted by atomic mass is 79.9. The largest absolute Gasteiger partial charge is 0.483 e. The third-order valence-corrected chi connectivity index (χ3v) is 5.53. The number of nitrogens with two attached hydrogens (primary N) is 1. The highest BCUT2D eigenvalue weighted by Gasteiger charge is 2.16. The van der Waals surface area contributed by atoms with Crippen LogP contribution in [0.25, 0.3) is 10.9 Å². The Balaban J connectivity index is 2.14. The average Bonchev–Trinajstić information content (AvgIpc) is 2.72. The fourth-order valence-electron chi connectivity index (χ4n) is 2.80. The quantitative estimate of drug-likeness (QED) is 0.458. The maximum atomic E-state index is 13.2. The lowest BCUT2D eigenvalue weighted by Crippen LogP contribution is -2.24. The second kappa shape index (κ2) is 9.53. The minimum atomic E-state index is -0.583. The number of amides is 1. The molecular formula is C21H20Br2N4O3. The lowest BCUT2D eigenvalue weighted by molar-refractivity contribution is -0.119. The maximum Gasteiger partial charge on any atom is 0.282 e. The van der Waals surface area contributed by atoms with Crippen LogP contribution in [-0.2, 0) is 4.79 Å². The van der Waals surface area contributed by atoms with E-state index in [1.54, 1.807) is 24.3 Å². The number of aromatic nitrogens is 2. The second-order valence-electron chi connectivity index (χ2n) is 6.74. The summed E-state index contributed by atoms with van der Waals surface area (Å²) >= 11 is 6.81. The van der Waals surface area contributed by atoms with Crippen LogP contribution >= 0.6 is 31.9 Å². The molecule has 3 aromatic rings. The molecule has 1 atom stereocenters. The Morgan fingerprint density at radius 1 is 1.27 bits per heavy atom. The molecule has 9 heteroatoms. The third kappa shape index (κ3) is 4.96. The number of fused-ring (bicyclic) bond motifs is 1.